The second kappa shape index (κ2) is 6.35. The molecule has 6 heteroatoms. The van der Waals surface area contributed by atoms with E-state index in [2.05, 4.69) is 12.2 Å². The van der Waals surface area contributed by atoms with Crippen LogP contribution in [0.25, 0.3) is 0 Å². The topological polar surface area (TPSA) is 49.4 Å². The van der Waals surface area contributed by atoms with Crippen LogP contribution in [-0.2, 0) is 16.6 Å². The summed E-state index contributed by atoms with van der Waals surface area (Å²) >= 11 is 1.52. The molecular formula is C13H22N2O2S2. The van der Waals surface area contributed by atoms with E-state index in [1.807, 2.05) is 12.3 Å². The average molecular weight is 302 g/mol. The molecule has 1 aromatic heterocycles. The molecule has 0 spiro atoms. The highest BCUT2D eigenvalue weighted by Crippen LogP contribution is 2.31. The Morgan fingerprint density at radius 3 is 2.95 bits per heavy atom. The monoisotopic (exact) mass is 302 g/mol. The Kier molecular flexibility index (Phi) is 5.00. The van der Waals surface area contributed by atoms with E-state index >= 15 is 0 Å². The number of thiophene rings is 1. The molecule has 0 amide bonds. The van der Waals surface area contributed by atoms with Crippen LogP contribution in [0, 0.1) is 0 Å². The summed E-state index contributed by atoms with van der Waals surface area (Å²) < 4.78 is 27.2. The van der Waals surface area contributed by atoms with Gasteiger partial charge in [0, 0.05) is 24.0 Å². The molecule has 1 aliphatic heterocycles. The first-order valence-corrected chi connectivity index (χ1v) is 9.22. The summed E-state index contributed by atoms with van der Waals surface area (Å²) in [7, 11) is -3.31. The molecule has 0 saturated carbocycles. The summed E-state index contributed by atoms with van der Waals surface area (Å²) in [6.07, 6.45) is 2.86. The van der Waals surface area contributed by atoms with E-state index in [4.69, 9.17) is 0 Å². The van der Waals surface area contributed by atoms with E-state index in [1.165, 1.54) is 11.3 Å². The van der Waals surface area contributed by atoms with E-state index < -0.39 is 10.0 Å². The minimum atomic E-state index is -3.31. The van der Waals surface area contributed by atoms with E-state index in [0.717, 1.165) is 30.7 Å². The van der Waals surface area contributed by atoms with Crippen molar-refractivity contribution in [3.05, 3.63) is 16.3 Å². The first kappa shape index (κ1) is 15.0. The summed E-state index contributed by atoms with van der Waals surface area (Å²) in [6.45, 7) is 6.23. The lowest BCUT2D eigenvalue weighted by Gasteiger charge is -2.23. The molecule has 0 radical (unpaired) electrons. The van der Waals surface area contributed by atoms with Crippen LogP contribution >= 0.6 is 11.3 Å². The lowest BCUT2D eigenvalue weighted by Crippen LogP contribution is -2.35. The molecular weight excluding hydrogens is 280 g/mol. The second-order valence-electron chi connectivity index (χ2n) is 4.81. The minimum absolute atomic E-state index is 0.178. The van der Waals surface area contributed by atoms with Crippen molar-refractivity contribution in [1.29, 1.82) is 0 Å². The normalized spacial score (nSPS) is 21.1. The van der Waals surface area contributed by atoms with Crippen molar-refractivity contribution in [1.82, 2.24) is 9.62 Å². The molecule has 1 saturated heterocycles. The van der Waals surface area contributed by atoms with Gasteiger partial charge in [0.05, 0.1) is 4.90 Å². The van der Waals surface area contributed by atoms with Gasteiger partial charge in [0.2, 0.25) is 10.0 Å². The van der Waals surface area contributed by atoms with E-state index in [1.54, 1.807) is 10.4 Å². The third-order valence-electron chi connectivity index (χ3n) is 3.62. The maximum absolute atomic E-state index is 12.8. The summed E-state index contributed by atoms with van der Waals surface area (Å²) in [4.78, 5) is 1.42. The lowest BCUT2D eigenvalue weighted by atomic mass is 10.2. The van der Waals surface area contributed by atoms with Gasteiger partial charge in [-0.3, -0.25) is 0 Å². The Labute approximate surface area is 119 Å². The zero-order valence-corrected chi connectivity index (χ0v) is 13.2. The maximum Gasteiger partial charge on any atom is 0.244 e. The molecule has 0 aromatic carbocycles. The van der Waals surface area contributed by atoms with E-state index in [9.17, 15) is 8.42 Å². The van der Waals surface area contributed by atoms with Crippen molar-refractivity contribution in [2.75, 3.05) is 13.1 Å². The van der Waals surface area contributed by atoms with Gasteiger partial charge in [-0.1, -0.05) is 13.8 Å². The highest BCUT2D eigenvalue weighted by atomic mass is 32.2. The molecule has 1 fully saturated rings. The molecule has 2 rings (SSSR count). The van der Waals surface area contributed by atoms with Gasteiger partial charge in [0.25, 0.3) is 0 Å². The van der Waals surface area contributed by atoms with Crippen LogP contribution in [0.5, 0.6) is 0 Å². The van der Waals surface area contributed by atoms with Crippen molar-refractivity contribution < 1.29 is 8.42 Å². The fraction of sp³-hybridized carbons (Fsp3) is 0.692. The van der Waals surface area contributed by atoms with Gasteiger partial charge in [0.1, 0.15) is 0 Å². The smallest absolute Gasteiger partial charge is 0.244 e. The summed E-state index contributed by atoms with van der Waals surface area (Å²) in [5.41, 5.74) is 0. The van der Waals surface area contributed by atoms with Crippen LogP contribution in [0.3, 0.4) is 0 Å². The summed E-state index contributed by atoms with van der Waals surface area (Å²) in [6, 6.07) is 1.93. The first-order chi connectivity index (χ1) is 9.11. The number of nitrogens with zero attached hydrogens (tertiary/aromatic N) is 1. The predicted octanol–water partition coefficient (Wildman–Crippen LogP) is 2.42. The number of hydrogen-bond acceptors (Lipinski definition) is 4. The number of nitrogens with one attached hydrogen (secondary N) is 1. The third-order valence-corrected chi connectivity index (χ3v) is 6.71. The van der Waals surface area contributed by atoms with Gasteiger partial charge in [0.15, 0.2) is 0 Å². The maximum atomic E-state index is 12.8. The quantitative estimate of drug-likeness (QED) is 0.878. The van der Waals surface area contributed by atoms with Gasteiger partial charge in [-0.05, 0) is 37.3 Å². The lowest BCUT2D eigenvalue weighted by molar-refractivity contribution is 0.379. The van der Waals surface area contributed by atoms with Crippen molar-refractivity contribution in [2.24, 2.45) is 0 Å². The van der Waals surface area contributed by atoms with Crippen LogP contribution in [0.4, 0.5) is 0 Å². The Hall–Kier alpha value is -0.430. The Morgan fingerprint density at radius 1 is 1.47 bits per heavy atom. The van der Waals surface area contributed by atoms with Crippen LogP contribution < -0.4 is 5.32 Å². The van der Waals surface area contributed by atoms with Crippen LogP contribution in [0.1, 0.15) is 38.0 Å². The molecule has 4 nitrogen and oxygen atoms in total. The molecule has 1 aromatic rings. The van der Waals surface area contributed by atoms with Crippen molar-refractivity contribution in [3.8, 4) is 0 Å². The van der Waals surface area contributed by atoms with Gasteiger partial charge < -0.3 is 5.32 Å². The molecule has 1 unspecified atom stereocenters. The molecule has 0 bridgehead atoms. The molecule has 0 aliphatic carbocycles. The van der Waals surface area contributed by atoms with E-state index in [0.29, 0.717) is 18.0 Å². The zero-order valence-electron chi connectivity index (χ0n) is 11.6. The van der Waals surface area contributed by atoms with Gasteiger partial charge in [-0.2, -0.15) is 4.31 Å². The van der Waals surface area contributed by atoms with Crippen molar-refractivity contribution in [3.63, 3.8) is 0 Å². The van der Waals surface area contributed by atoms with Crippen LogP contribution in [-0.4, -0.2) is 31.9 Å². The van der Waals surface area contributed by atoms with Gasteiger partial charge >= 0.3 is 0 Å². The largest absolute Gasteiger partial charge is 0.312 e. The van der Waals surface area contributed by atoms with Crippen molar-refractivity contribution >= 4 is 21.4 Å². The molecule has 1 aliphatic rings. The third kappa shape index (κ3) is 3.02. The fourth-order valence-corrected chi connectivity index (χ4v) is 5.74. The highest BCUT2D eigenvalue weighted by molar-refractivity contribution is 7.89. The molecule has 2 heterocycles. The SMILES string of the molecule is CCNCc1sccc1S(=O)(=O)N1CCCC1CC. The fourth-order valence-electron chi connectivity index (χ4n) is 2.59. The first-order valence-electron chi connectivity index (χ1n) is 6.90. The number of rotatable bonds is 6. The molecule has 1 N–H and O–H groups in total. The average Bonchev–Trinajstić information content (AvgIpc) is 3.04. The predicted molar refractivity (Wildman–Crippen MR) is 78.9 cm³/mol. The Morgan fingerprint density at radius 2 is 2.26 bits per heavy atom. The van der Waals surface area contributed by atoms with Gasteiger partial charge in [-0.25, -0.2) is 8.42 Å². The molecule has 108 valence electrons. The minimum Gasteiger partial charge on any atom is -0.312 e. The van der Waals surface area contributed by atoms with Crippen molar-refractivity contribution in [2.45, 2.75) is 50.6 Å². The highest BCUT2D eigenvalue weighted by Gasteiger charge is 2.35. The summed E-state index contributed by atoms with van der Waals surface area (Å²) in [5.74, 6) is 0. The standard InChI is InChI=1S/C13H22N2O2S2/c1-3-11-6-5-8-15(11)19(16,17)13-7-9-18-12(13)10-14-4-2/h7,9,11,14H,3-6,8,10H2,1-2H3. The summed E-state index contributed by atoms with van der Waals surface area (Å²) in [5, 5.41) is 5.08. The van der Waals surface area contributed by atoms with Crippen LogP contribution in [0.2, 0.25) is 0 Å². The van der Waals surface area contributed by atoms with E-state index in [-0.39, 0.29) is 6.04 Å². The number of hydrogen-bond donors (Lipinski definition) is 1. The second-order valence-corrected chi connectivity index (χ2v) is 7.67. The van der Waals surface area contributed by atoms with Crippen LogP contribution in [0.15, 0.2) is 16.3 Å². The Balaban J connectivity index is 2.26. The number of sulfonamides is 1. The van der Waals surface area contributed by atoms with Gasteiger partial charge in [-0.15, -0.1) is 11.3 Å². The zero-order chi connectivity index (χ0) is 13.9. The molecule has 1 atom stereocenters. The molecule has 19 heavy (non-hydrogen) atoms. The Bertz CT molecular complexity index is 510.